The van der Waals surface area contributed by atoms with E-state index < -0.39 is 28.6 Å². The number of hydrogen-bond acceptors (Lipinski definition) is 6. The standard InChI is InChI=1S/C19H16N2O6/c1-2-27-19(24)15-16(12-7-6-10-14(11-12)21(25)26)20(18(23)17(15)22)13-8-4-3-5-9-13/h3-11,16,22H,2H2,1H3/t16-/m0/s1. The summed E-state index contributed by atoms with van der Waals surface area (Å²) in [7, 11) is 0. The van der Waals surface area contributed by atoms with Crippen LogP contribution in [0.5, 0.6) is 0 Å². The van der Waals surface area contributed by atoms with Crippen LogP contribution in [0.1, 0.15) is 18.5 Å². The number of rotatable bonds is 5. The molecule has 27 heavy (non-hydrogen) atoms. The number of nitro groups is 1. The second-order valence-corrected chi connectivity index (χ2v) is 5.75. The van der Waals surface area contributed by atoms with Gasteiger partial charge >= 0.3 is 5.97 Å². The molecule has 3 rings (SSSR count). The van der Waals surface area contributed by atoms with Gasteiger partial charge in [-0.05, 0) is 24.6 Å². The fraction of sp³-hybridized carbons (Fsp3) is 0.158. The molecule has 0 saturated carbocycles. The second kappa shape index (κ2) is 7.28. The van der Waals surface area contributed by atoms with Crippen molar-refractivity contribution in [2.24, 2.45) is 0 Å². The van der Waals surface area contributed by atoms with Crippen molar-refractivity contribution in [3.63, 3.8) is 0 Å². The summed E-state index contributed by atoms with van der Waals surface area (Å²) in [5, 5.41) is 21.5. The summed E-state index contributed by atoms with van der Waals surface area (Å²) in [5.74, 6) is -2.35. The third-order valence-electron chi connectivity index (χ3n) is 4.13. The topological polar surface area (TPSA) is 110 Å². The van der Waals surface area contributed by atoms with Crippen LogP contribution in [0.15, 0.2) is 65.9 Å². The second-order valence-electron chi connectivity index (χ2n) is 5.75. The minimum atomic E-state index is -1.04. The highest BCUT2D eigenvalue weighted by atomic mass is 16.6. The third-order valence-corrected chi connectivity index (χ3v) is 4.13. The van der Waals surface area contributed by atoms with Crippen LogP contribution in [-0.2, 0) is 14.3 Å². The number of ether oxygens (including phenoxy) is 1. The monoisotopic (exact) mass is 368 g/mol. The van der Waals surface area contributed by atoms with Crippen LogP contribution in [0.2, 0.25) is 0 Å². The first-order chi connectivity index (χ1) is 13.0. The molecule has 1 heterocycles. The number of hydrogen-bond donors (Lipinski definition) is 1. The van der Waals surface area contributed by atoms with Gasteiger partial charge in [0.1, 0.15) is 5.57 Å². The molecule has 0 bridgehead atoms. The zero-order chi connectivity index (χ0) is 19.6. The van der Waals surface area contributed by atoms with Crippen LogP contribution in [0, 0.1) is 10.1 Å². The molecule has 0 spiro atoms. The fourth-order valence-corrected chi connectivity index (χ4v) is 3.00. The van der Waals surface area contributed by atoms with E-state index in [1.54, 1.807) is 43.3 Å². The average Bonchev–Trinajstić information content (AvgIpc) is 2.94. The first-order valence-electron chi connectivity index (χ1n) is 8.19. The largest absolute Gasteiger partial charge is 0.503 e. The van der Waals surface area contributed by atoms with E-state index >= 15 is 0 Å². The maximum Gasteiger partial charge on any atom is 0.340 e. The molecule has 1 aliphatic rings. The number of carbonyl (C=O) groups is 2. The van der Waals surface area contributed by atoms with Gasteiger partial charge in [0.25, 0.3) is 11.6 Å². The van der Waals surface area contributed by atoms with Crippen molar-refractivity contribution in [3.05, 3.63) is 81.6 Å². The van der Waals surface area contributed by atoms with E-state index in [0.29, 0.717) is 11.3 Å². The lowest BCUT2D eigenvalue weighted by Gasteiger charge is -2.26. The number of aliphatic hydroxyl groups excluding tert-OH is 1. The Morgan fingerprint density at radius 2 is 1.93 bits per heavy atom. The number of esters is 1. The van der Waals surface area contributed by atoms with Crippen molar-refractivity contribution in [2.45, 2.75) is 13.0 Å². The molecule has 0 aliphatic carbocycles. The van der Waals surface area contributed by atoms with E-state index in [2.05, 4.69) is 0 Å². The molecular weight excluding hydrogens is 352 g/mol. The predicted molar refractivity (Wildman–Crippen MR) is 96.1 cm³/mol. The molecule has 0 aromatic heterocycles. The van der Waals surface area contributed by atoms with Gasteiger partial charge in [-0.15, -0.1) is 0 Å². The van der Waals surface area contributed by atoms with Crippen LogP contribution in [0.25, 0.3) is 0 Å². The highest BCUT2D eigenvalue weighted by Gasteiger charge is 2.45. The van der Waals surface area contributed by atoms with Gasteiger partial charge in [-0.2, -0.15) is 0 Å². The maximum absolute atomic E-state index is 12.7. The Kier molecular flexibility index (Phi) is 4.89. The summed E-state index contributed by atoms with van der Waals surface area (Å²) in [6.45, 7) is 1.65. The Balaban J connectivity index is 2.18. The molecule has 0 fully saturated rings. The first kappa shape index (κ1) is 18.1. The number of nitrogens with zero attached hydrogens (tertiary/aromatic N) is 2. The highest BCUT2D eigenvalue weighted by molar-refractivity contribution is 6.15. The molecule has 0 unspecified atom stereocenters. The zero-order valence-electron chi connectivity index (χ0n) is 14.4. The van der Waals surface area contributed by atoms with E-state index in [1.165, 1.54) is 23.1 Å². The van der Waals surface area contributed by atoms with Crippen molar-refractivity contribution in [1.82, 2.24) is 0 Å². The summed E-state index contributed by atoms with van der Waals surface area (Å²) >= 11 is 0. The van der Waals surface area contributed by atoms with Crippen LogP contribution < -0.4 is 4.90 Å². The Morgan fingerprint density at radius 3 is 2.56 bits per heavy atom. The van der Waals surface area contributed by atoms with Gasteiger partial charge in [0, 0.05) is 17.8 Å². The zero-order valence-corrected chi connectivity index (χ0v) is 14.4. The number of aliphatic hydroxyl groups is 1. The van der Waals surface area contributed by atoms with Crippen LogP contribution in [0.4, 0.5) is 11.4 Å². The fourth-order valence-electron chi connectivity index (χ4n) is 3.00. The van der Waals surface area contributed by atoms with Crippen molar-refractivity contribution >= 4 is 23.3 Å². The summed E-state index contributed by atoms with van der Waals surface area (Å²) in [6.07, 6.45) is 0. The van der Waals surface area contributed by atoms with E-state index in [0.717, 1.165) is 0 Å². The number of para-hydroxylation sites is 1. The van der Waals surface area contributed by atoms with E-state index in [1.807, 2.05) is 0 Å². The van der Waals surface area contributed by atoms with E-state index in [-0.39, 0.29) is 17.9 Å². The van der Waals surface area contributed by atoms with Crippen LogP contribution >= 0.6 is 0 Å². The van der Waals surface area contributed by atoms with Gasteiger partial charge in [0.15, 0.2) is 5.76 Å². The summed E-state index contributed by atoms with van der Waals surface area (Å²) in [5.41, 5.74) is 0.312. The summed E-state index contributed by atoms with van der Waals surface area (Å²) < 4.78 is 4.99. The molecular formula is C19H16N2O6. The normalized spacial score (nSPS) is 16.6. The molecule has 1 N–H and O–H groups in total. The van der Waals surface area contributed by atoms with Crippen molar-refractivity contribution in [1.29, 1.82) is 0 Å². The Labute approximate surface area is 154 Å². The molecule has 8 heteroatoms. The Bertz CT molecular complexity index is 938. The lowest BCUT2D eigenvalue weighted by atomic mass is 9.98. The maximum atomic E-state index is 12.7. The summed E-state index contributed by atoms with van der Waals surface area (Å²) in [6, 6.07) is 13.0. The molecule has 0 radical (unpaired) electrons. The quantitative estimate of drug-likeness (QED) is 0.493. The molecule has 1 aliphatic heterocycles. The number of amides is 1. The van der Waals surface area contributed by atoms with Gasteiger partial charge in [-0.1, -0.05) is 30.3 Å². The van der Waals surface area contributed by atoms with Crippen molar-refractivity contribution < 1.29 is 24.4 Å². The number of non-ortho nitro benzene ring substituents is 1. The van der Waals surface area contributed by atoms with Crippen LogP contribution in [0.3, 0.4) is 0 Å². The van der Waals surface area contributed by atoms with E-state index in [9.17, 15) is 24.8 Å². The molecule has 2 aromatic carbocycles. The molecule has 8 nitrogen and oxygen atoms in total. The number of benzene rings is 2. The van der Waals surface area contributed by atoms with Crippen molar-refractivity contribution in [3.8, 4) is 0 Å². The van der Waals surface area contributed by atoms with E-state index in [4.69, 9.17) is 4.74 Å². The number of anilines is 1. The summed E-state index contributed by atoms with van der Waals surface area (Å²) in [4.78, 5) is 36.9. The number of carbonyl (C=O) groups excluding carboxylic acids is 2. The third kappa shape index (κ3) is 3.24. The molecule has 1 amide bonds. The predicted octanol–water partition coefficient (Wildman–Crippen LogP) is 3.06. The molecule has 138 valence electrons. The molecule has 0 saturated heterocycles. The Hall–Kier alpha value is -3.68. The SMILES string of the molecule is CCOC(=O)C1=C(O)C(=O)N(c2ccccc2)[C@H]1c1cccc([N+](=O)[O-])c1. The minimum Gasteiger partial charge on any atom is -0.503 e. The number of nitro benzene ring substituents is 1. The first-order valence-corrected chi connectivity index (χ1v) is 8.19. The minimum absolute atomic E-state index is 0.0524. The highest BCUT2D eigenvalue weighted by Crippen LogP contribution is 2.41. The van der Waals surface area contributed by atoms with Gasteiger partial charge in [0.05, 0.1) is 17.6 Å². The lowest BCUT2D eigenvalue weighted by molar-refractivity contribution is -0.384. The van der Waals surface area contributed by atoms with Gasteiger partial charge in [0.2, 0.25) is 0 Å². The molecule has 2 aromatic rings. The average molecular weight is 368 g/mol. The van der Waals surface area contributed by atoms with Crippen molar-refractivity contribution in [2.75, 3.05) is 11.5 Å². The Morgan fingerprint density at radius 1 is 1.22 bits per heavy atom. The van der Waals surface area contributed by atoms with Gasteiger partial charge in [-0.3, -0.25) is 19.8 Å². The lowest BCUT2D eigenvalue weighted by Crippen LogP contribution is -2.31. The van der Waals surface area contributed by atoms with Gasteiger partial charge in [-0.25, -0.2) is 4.79 Å². The molecule has 1 atom stereocenters. The van der Waals surface area contributed by atoms with Crippen LogP contribution in [-0.4, -0.2) is 28.5 Å². The smallest absolute Gasteiger partial charge is 0.340 e. The van der Waals surface area contributed by atoms with Gasteiger partial charge < -0.3 is 9.84 Å².